The predicted octanol–water partition coefficient (Wildman–Crippen LogP) is 0.320. The Morgan fingerprint density at radius 1 is 1.15 bits per heavy atom. The summed E-state index contributed by atoms with van der Waals surface area (Å²) in [5.74, 6) is -0.916. The summed E-state index contributed by atoms with van der Waals surface area (Å²) in [6.45, 7) is 1.62. The first-order valence-corrected chi connectivity index (χ1v) is 13.5. The van der Waals surface area contributed by atoms with Gasteiger partial charge in [0.15, 0.2) is 5.69 Å². The summed E-state index contributed by atoms with van der Waals surface area (Å²) in [5.41, 5.74) is 2.52. The lowest BCUT2D eigenvalue weighted by Crippen LogP contribution is -2.47. The summed E-state index contributed by atoms with van der Waals surface area (Å²) in [7, 11) is 3.37. The fraction of sp³-hybridized carbons (Fsp3) is 0.556. The molecule has 0 fully saturated rings. The van der Waals surface area contributed by atoms with Crippen LogP contribution in [0.5, 0.6) is 0 Å². The Kier molecular flexibility index (Phi) is 9.64. The first kappa shape index (κ1) is 28.2. The largest absolute Gasteiger partial charge is 0.383 e. The van der Waals surface area contributed by atoms with Gasteiger partial charge in [-0.25, -0.2) is 0 Å². The van der Waals surface area contributed by atoms with E-state index in [1.165, 1.54) is 4.90 Å². The van der Waals surface area contributed by atoms with Crippen LogP contribution in [0.25, 0.3) is 0 Å². The third-order valence-electron chi connectivity index (χ3n) is 7.17. The lowest BCUT2D eigenvalue weighted by Gasteiger charge is -2.27. The number of rotatable bonds is 4. The minimum atomic E-state index is -0.265. The SMILES string of the molecule is COCCN1CC(=O)NC2CCc3c(c(nn3C)C(=O)NCCCN(C(=O)c3ccccn3)CCCC1=O)C2. The molecule has 1 aliphatic carbocycles. The van der Waals surface area contributed by atoms with Crippen LogP contribution in [0.1, 0.15) is 57.9 Å². The maximum absolute atomic E-state index is 13.2. The highest BCUT2D eigenvalue weighted by atomic mass is 16.5. The van der Waals surface area contributed by atoms with Crippen LogP contribution < -0.4 is 10.6 Å². The molecular weight excluding hydrogens is 502 g/mol. The van der Waals surface area contributed by atoms with E-state index in [1.54, 1.807) is 41.1 Å². The minimum absolute atomic E-state index is 0.0808. The summed E-state index contributed by atoms with van der Waals surface area (Å²) in [6.07, 6.45) is 4.63. The van der Waals surface area contributed by atoms with E-state index in [-0.39, 0.29) is 42.6 Å². The number of amides is 4. The molecular formula is C27H37N7O5. The van der Waals surface area contributed by atoms with Gasteiger partial charge >= 0.3 is 0 Å². The van der Waals surface area contributed by atoms with Crippen molar-refractivity contribution in [1.29, 1.82) is 0 Å². The monoisotopic (exact) mass is 539 g/mol. The molecule has 39 heavy (non-hydrogen) atoms. The van der Waals surface area contributed by atoms with Gasteiger partial charge in [0.1, 0.15) is 5.69 Å². The van der Waals surface area contributed by atoms with E-state index in [9.17, 15) is 19.2 Å². The van der Waals surface area contributed by atoms with Crippen molar-refractivity contribution < 1.29 is 23.9 Å². The predicted molar refractivity (Wildman–Crippen MR) is 142 cm³/mol. The zero-order chi connectivity index (χ0) is 27.8. The van der Waals surface area contributed by atoms with E-state index in [0.717, 1.165) is 17.7 Å². The lowest BCUT2D eigenvalue weighted by atomic mass is 9.91. The smallest absolute Gasteiger partial charge is 0.272 e. The third kappa shape index (κ3) is 7.20. The van der Waals surface area contributed by atoms with Crippen molar-refractivity contribution >= 4 is 23.6 Å². The molecule has 0 aromatic carbocycles. The Morgan fingerprint density at radius 2 is 1.97 bits per heavy atom. The van der Waals surface area contributed by atoms with E-state index in [1.807, 2.05) is 7.05 Å². The average Bonchev–Trinajstić information content (AvgIpc) is 3.27. The van der Waals surface area contributed by atoms with Crippen LogP contribution in [-0.4, -0.2) is 101 Å². The van der Waals surface area contributed by atoms with Gasteiger partial charge in [-0.05, 0) is 44.2 Å². The number of nitrogens with one attached hydrogen (secondary N) is 2. The molecule has 12 nitrogen and oxygen atoms in total. The molecule has 0 saturated carbocycles. The zero-order valence-electron chi connectivity index (χ0n) is 22.6. The molecule has 3 heterocycles. The Labute approximate surface area is 228 Å². The summed E-state index contributed by atoms with van der Waals surface area (Å²) < 4.78 is 6.90. The lowest BCUT2D eigenvalue weighted by molar-refractivity contribution is -0.137. The molecule has 0 radical (unpaired) electrons. The quantitative estimate of drug-likeness (QED) is 0.571. The van der Waals surface area contributed by atoms with Gasteiger partial charge in [-0.3, -0.25) is 28.8 Å². The van der Waals surface area contributed by atoms with Crippen LogP contribution in [0.3, 0.4) is 0 Å². The summed E-state index contributed by atoms with van der Waals surface area (Å²) in [4.78, 5) is 59.6. The van der Waals surface area contributed by atoms with Gasteiger partial charge in [-0.2, -0.15) is 5.10 Å². The summed E-state index contributed by atoms with van der Waals surface area (Å²) in [5, 5.41) is 10.5. The molecule has 0 spiro atoms. The Morgan fingerprint density at radius 3 is 2.74 bits per heavy atom. The minimum Gasteiger partial charge on any atom is -0.383 e. The molecule has 2 aromatic rings. The molecule has 210 valence electrons. The third-order valence-corrected chi connectivity index (χ3v) is 7.17. The van der Waals surface area contributed by atoms with Crippen molar-refractivity contribution in [2.75, 3.05) is 46.4 Å². The van der Waals surface area contributed by atoms with Crippen molar-refractivity contribution in [3.05, 3.63) is 47.0 Å². The molecule has 0 saturated heterocycles. The number of ether oxygens (including phenoxy) is 1. The van der Waals surface area contributed by atoms with Crippen molar-refractivity contribution in [3.8, 4) is 0 Å². The Balaban J connectivity index is 1.55. The molecule has 12 heteroatoms. The van der Waals surface area contributed by atoms with E-state index >= 15 is 0 Å². The number of hydrogen-bond acceptors (Lipinski definition) is 7. The first-order valence-electron chi connectivity index (χ1n) is 13.5. The highest BCUT2D eigenvalue weighted by Crippen LogP contribution is 2.24. The number of hydrogen-bond donors (Lipinski definition) is 2. The van der Waals surface area contributed by atoms with Crippen LogP contribution in [0.4, 0.5) is 0 Å². The molecule has 2 aliphatic rings. The highest BCUT2D eigenvalue weighted by molar-refractivity contribution is 5.94. The van der Waals surface area contributed by atoms with Crippen LogP contribution in [0, 0.1) is 0 Å². The van der Waals surface area contributed by atoms with E-state index in [4.69, 9.17) is 4.74 Å². The van der Waals surface area contributed by atoms with Crippen molar-refractivity contribution in [3.63, 3.8) is 0 Å². The molecule has 4 rings (SSSR count). The first-order chi connectivity index (χ1) is 18.9. The molecule has 1 unspecified atom stereocenters. The number of pyridine rings is 1. The molecule has 2 N–H and O–H groups in total. The number of methoxy groups -OCH3 is 1. The summed E-state index contributed by atoms with van der Waals surface area (Å²) >= 11 is 0. The van der Waals surface area contributed by atoms with Gasteiger partial charge < -0.3 is 25.2 Å². The van der Waals surface area contributed by atoms with Gasteiger partial charge in [0.25, 0.3) is 11.8 Å². The second-order valence-electron chi connectivity index (χ2n) is 9.93. The maximum atomic E-state index is 13.2. The number of carbonyl (C=O) groups excluding carboxylic acids is 4. The fourth-order valence-electron chi connectivity index (χ4n) is 5.14. The average molecular weight is 540 g/mol. The Hall–Kier alpha value is -3.80. The number of carbonyl (C=O) groups is 4. The topological polar surface area (TPSA) is 139 Å². The van der Waals surface area contributed by atoms with Gasteiger partial charge in [-0.15, -0.1) is 0 Å². The molecule has 2 bridgehead atoms. The van der Waals surface area contributed by atoms with Crippen LogP contribution >= 0.6 is 0 Å². The molecule has 4 amide bonds. The van der Waals surface area contributed by atoms with Crippen molar-refractivity contribution in [2.45, 2.75) is 44.6 Å². The van der Waals surface area contributed by atoms with E-state index in [0.29, 0.717) is 69.9 Å². The maximum Gasteiger partial charge on any atom is 0.272 e. The van der Waals surface area contributed by atoms with Crippen LogP contribution in [0.2, 0.25) is 0 Å². The van der Waals surface area contributed by atoms with Gasteiger partial charge in [0, 0.05) is 70.3 Å². The van der Waals surface area contributed by atoms with Crippen molar-refractivity contribution in [2.24, 2.45) is 7.05 Å². The Bertz CT molecular complexity index is 1180. The number of aromatic nitrogens is 3. The highest BCUT2D eigenvalue weighted by Gasteiger charge is 2.30. The molecule has 1 atom stereocenters. The zero-order valence-corrected chi connectivity index (χ0v) is 22.6. The van der Waals surface area contributed by atoms with Gasteiger partial charge in [0.05, 0.1) is 13.2 Å². The standard InChI is InChI=1S/C27H37N7O5/c1-32-22-10-9-19-17-20(22)25(31-32)26(37)29-12-6-14-33(27(38)21-7-3-4-11-28-21)13-5-8-24(36)34(15-16-39-2)18-23(35)30-19/h3-4,7,11,19H,5-6,8-10,12-18H2,1-2H3,(H,29,37)(H,30,35). The number of fused-ring (bicyclic) bond motifs is 1. The van der Waals surface area contributed by atoms with Gasteiger partial charge in [-0.1, -0.05) is 6.07 Å². The van der Waals surface area contributed by atoms with E-state index in [2.05, 4.69) is 20.7 Å². The number of nitrogens with zero attached hydrogens (tertiary/aromatic N) is 5. The van der Waals surface area contributed by atoms with Crippen molar-refractivity contribution in [1.82, 2.24) is 35.2 Å². The van der Waals surface area contributed by atoms with Crippen LogP contribution in [-0.2, 0) is 34.2 Å². The van der Waals surface area contributed by atoms with Gasteiger partial charge in [0.2, 0.25) is 11.8 Å². The second-order valence-corrected chi connectivity index (χ2v) is 9.93. The second kappa shape index (κ2) is 13.3. The number of aryl methyl sites for hydroxylation is 1. The van der Waals surface area contributed by atoms with E-state index < -0.39 is 0 Å². The molecule has 1 aliphatic heterocycles. The van der Waals surface area contributed by atoms with Crippen LogP contribution in [0.15, 0.2) is 24.4 Å². The fourth-order valence-corrected chi connectivity index (χ4v) is 5.14. The normalized spacial score (nSPS) is 19.6. The summed E-state index contributed by atoms with van der Waals surface area (Å²) in [6, 6.07) is 5.00. The molecule has 2 aromatic heterocycles.